The molecule has 0 aliphatic rings. The molecule has 2 radical (unpaired) electrons. The summed E-state index contributed by atoms with van der Waals surface area (Å²) in [5.74, 6) is 7.31. The fourth-order valence-electron chi connectivity index (χ4n) is 0. The molecule has 0 aromatic rings. The molecule has 0 rings (SSSR count). The van der Waals surface area contributed by atoms with E-state index in [0.717, 1.165) is 0 Å². The predicted molar refractivity (Wildman–Crippen MR) is 37.6 cm³/mol. The van der Waals surface area contributed by atoms with Gasteiger partial charge in [0.2, 0.25) is 0 Å². The van der Waals surface area contributed by atoms with Gasteiger partial charge in [0.25, 0.3) is 0 Å². The monoisotopic (exact) mass is 106 g/mol. The summed E-state index contributed by atoms with van der Waals surface area (Å²) in [6, 6.07) is 0. The van der Waals surface area contributed by atoms with E-state index in [9.17, 15) is 0 Å². The Hall–Kier alpha value is -0.880. The third-order valence-electron chi connectivity index (χ3n) is 0.343. The molecule has 8 heavy (non-hydrogen) atoms. The first-order valence-electron chi connectivity index (χ1n) is 2.26. The molecule has 0 atom stereocenters. The maximum atomic E-state index is 4.72. The maximum Gasteiger partial charge on any atom is 0.0306 e. The van der Waals surface area contributed by atoms with Crippen LogP contribution in [-0.4, -0.2) is 0 Å². The minimum atomic E-state index is 1.65. The van der Waals surface area contributed by atoms with Crippen molar-refractivity contribution in [2.45, 2.75) is 13.8 Å². The molecule has 0 bridgehead atoms. The van der Waals surface area contributed by atoms with Crippen LogP contribution in [0.4, 0.5) is 0 Å². The van der Waals surface area contributed by atoms with E-state index in [0.29, 0.717) is 0 Å². The highest BCUT2D eigenvalue weighted by atomic mass is 13.5. The van der Waals surface area contributed by atoms with Crippen molar-refractivity contribution >= 4 is 0 Å². The number of terminal acetylenes is 1. The van der Waals surface area contributed by atoms with Crippen LogP contribution in [0.5, 0.6) is 0 Å². The van der Waals surface area contributed by atoms with Gasteiger partial charge >= 0.3 is 0 Å². The van der Waals surface area contributed by atoms with Crippen molar-refractivity contribution in [2.24, 2.45) is 0 Å². The first kappa shape index (κ1) is 10.2. The largest absolute Gasteiger partial charge is 0.120 e. The molecule has 0 nitrogen and oxygen atoms in total. The van der Waals surface area contributed by atoms with Crippen molar-refractivity contribution in [3.8, 4) is 24.2 Å². The molecule has 0 aromatic carbocycles. The van der Waals surface area contributed by atoms with Gasteiger partial charge in [-0.3, -0.25) is 0 Å². The van der Waals surface area contributed by atoms with E-state index in [4.69, 9.17) is 6.42 Å². The van der Waals surface area contributed by atoms with Gasteiger partial charge in [-0.25, -0.2) is 0 Å². The van der Waals surface area contributed by atoms with E-state index in [1.807, 2.05) is 6.92 Å². The summed E-state index contributed by atoms with van der Waals surface area (Å²) in [6.07, 6.45) is 6.38. The highest BCUT2D eigenvalue weighted by Gasteiger charge is 1.45. The maximum absolute atomic E-state index is 4.72. The Morgan fingerprint density at radius 3 is 1.88 bits per heavy atom. The molecule has 0 amide bonds. The van der Waals surface area contributed by atoms with Crippen molar-refractivity contribution in [3.05, 3.63) is 13.3 Å². The standard InChI is InChI=1S/2C4H5/c2*1-3-4-2/h1H2,2H3;1,4H,2H3. The first-order chi connectivity index (χ1) is 3.83. The number of hydrogen-bond donors (Lipinski definition) is 0. The Balaban J connectivity index is 0. The summed E-state index contributed by atoms with van der Waals surface area (Å²) in [5.41, 5.74) is 0. The summed E-state index contributed by atoms with van der Waals surface area (Å²) in [5, 5.41) is 0. The van der Waals surface area contributed by atoms with Crippen molar-refractivity contribution in [2.75, 3.05) is 0 Å². The molecule has 0 aliphatic carbocycles. The Kier molecular flexibility index (Phi) is 21.0. The zero-order valence-corrected chi connectivity index (χ0v) is 5.36. The van der Waals surface area contributed by atoms with Crippen LogP contribution in [0.15, 0.2) is 0 Å². The van der Waals surface area contributed by atoms with Crippen LogP contribution in [0.2, 0.25) is 0 Å². The van der Waals surface area contributed by atoms with Gasteiger partial charge in [0, 0.05) is 13.3 Å². The average Bonchev–Trinajstić information content (AvgIpc) is 1.88. The van der Waals surface area contributed by atoms with Gasteiger partial charge in [-0.15, -0.1) is 24.2 Å². The van der Waals surface area contributed by atoms with Crippen LogP contribution >= 0.6 is 0 Å². The van der Waals surface area contributed by atoms with Crippen molar-refractivity contribution in [1.29, 1.82) is 0 Å². The quantitative estimate of drug-likeness (QED) is 0.412. The minimum Gasteiger partial charge on any atom is -0.120 e. The van der Waals surface area contributed by atoms with Crippen LogP contribution < -0.4 is 0 Å². The lowest BCUT2D eigenvalue weighted by atomic mass is 10.5. The summed E-state index contributed by atoms with van der Waals surface area (Å²) >= 11 is 0. The fourth-order valence-corrected chi connectivity index (χ4v) is 0. The lowest BCUT2D eigenvalue weighted by molar-refractivity contribution is 1.63. The highest BCUT2D eigenvalue weighted by molar-refractivity contribution is 4.97. The van der Waals surface area contributed by atoms with Gasteiger partial charge in [0.15, 0.2) is 0 Å². The molecule has 0 heterocycles. The van der Waals surface area contributed by atoms with Crippen LogP contribution in [0.25, 0.3) is 0 Å². The van der Waals surface area contributed by atoms with Gasteiger partial charge in [0.05, 0.1) is 0 Å². The van der Waals surface area contributed by atoms with E-state index >= 15 is 0 Å². The second kappa shape index (κ2) is 16.5. The van der Waals surface area contributed by atoms with E-state index in [1.54, 1.807) is 13.3 Å². The molecule has 0 N–H and O–H groups in total. The van der Waals surface area contributed by atoms with E-state index in [-0.39, 0.29) is 0 Å². The smallest absolute Gasteiger partial charge is 0.0306 e. The van der Waals surface area contributed by atoms with Gasteiger partial charge in [-0.05, 0) is 6.92 Å². The number of rotatable bonds is 0. The molecular weight excluding hydrogens is 96.1 g/mol. The molecule has 0 saturated heterocycles. The molecule has 0 saturated carbocycles. The molecule has 0 unspecified atom stereocenters. The fraction of sp³-hybridized carbons (Fsp3) is 0.250. The lowest BCUT2D eigenvalue weighted by Gasteiger charge is -1.51. The minimum absolute atomic E-state index is 1.65. The van der Waals surface area contributed by atoms with Crippen LogP contribution in [-0.2, 0) is 0 Å². The SMILES string of the molecule is C#C[CH]C.[CH2]C#CC. The second-order valence-electron chi connectivity index (χ2n) is 0.882. The van der Waals surface area contributed by atoms with E-state index in [1.165, 1.54) is 0 Å². The Morgan fingerprint density at radius 2 is 1.88 bits per heavy atom. The zero-order chi connectivity index (χ0) is 6.83. The molecule has 0 heteroatoms. The molecule has 42 valence electrons. The topological polar surface area (TPSA) is 0 Å². The lowest BCUT2D eigenvalue weighted by Crippen LogP contribution is -1.41. The van der Waals surface area contributed by atoms with Crippen molar-refractivity contribution in [3.63, 3.8) is 0 Å². The normalized spacial score (nSPS) is 4.25. The number of hydrogen-bond acceptors (Lipinski definition) is 0. The average molecular weight is 106 g/mol. The molecule has 0 fully saturated rings. The van der Waals surface area contributed by atoms with E-state index in [2.05, 4.69) is 24.7 Å². The van der Waals surface area contributed by atoms with E-state index < -0.39 is 0 Å². The van der Waals surface area contributed by atoms with Gasteiger partial charge < -0.3 is 0 Å². The third-order valence-corrected chi connectivity index (χ3v) is 0.343. The first-order valence-corrected chi connectivity index (χ1v) is 2.26. The Bertz CT molecular complexity index is 98.2. The Morgan fingerprint density at radius 1 is 1.62 bits per heavy atom. The summed E-state index contributed by atoms with van der Waals surface area (Å²) < 4.78 is 0. The van der Waals surface area contributed by atoms with Gasteiger partial charge in [0.1, 0.15) is 0 Å². The van der Waals surface area contributed by atoms with Crippen molar-refractivity contribution in [1.82, 2.24) is 0 Å². The highest BCUT2D eigenvalue weighted by Crippen LogP contribution is 1.55. The Labute approximate surface area is 52.3 Å². The van der Waals surface area contributed by atoms with Crippen LogP contribution in [0, 0.1) is 37.5 Å². The third kappa shape index (κ3) is 69.3. The molecule has 0 aliphatic heterocycles. The summed E-state index contributed by atoms with van der Waals surface area (Å²) in [7, 11) is 0. The van der Waals surface area contributed by atoms with Crippen LogP contribution in [0.1, 0.15) is 13.8 Å². The molecule has 0 aromatic heterocycles. The predicted octanol–water partition coefficient (Wildman–Crippen LogP) is 1.69. The second-order valence-corrected chi connectivity index (χ2v) is 0.882. The molecule has 0 spiro atoms. The van der Waals surface area contributed by atoms with Gasteiger partial charge in [-0.2, -0.15) is 0 Å². The van der Waals surface area contributed by atoms with Crippen LogP contribution in [0.3, 0.4) is 0 Å². The van der Waals surface area contributed by atoms with Gasteiger partial charge in [-0.1, -0.05) is 6.92 Å². The summed E-state index contributed by atoms with van der Waals surface area (Å²) in [4.78, 5) is 0. The zero-order valence-electron chi connectivity index (χ0n) is 5.36. The molecular formula is C8H10. The summed E-state index contributed by atoms with van der Waals surface area (Å²) in [6.45, 7) is 6.82. The van der Waals surface area contributed by atoms with Crippen molar-refractivity contribution < 1.29 is 0 Å².